The third-order valence-corrected chi connectivity index (χ3v) is 4.75. The molecular weight excluding hydrogens is 318 g/mol. The highest BCUT2D eigenvalue weighted by Gasteiger charge is 2.42. The van der Waals surface area contributed by atoms with Crippen molar-refractivity contribution in [1.82, 2.24) is 15.3 Å². The molecule has 0 radical (unpaired) electrons. The number of nitrogens with one attached hydrogen (secondary N) is 1. The number of hydrogen-bond donors (Lipinski definition) is 1. The Kier molecular flexibility index (Phi) is 5.28. The van der Waals surface area contributed by atoms with Gasteiger partial charge in [0.05, 0.1) is 24.8 Å². The number of methoxy groups -OCH3 is 1. The van der Waals surface area contributed by atoms with E-state index in [9.17, 15) is 4.79 Å². The Hall–Kier alpha value is -2.47. The van der Waals surface area contributed by atoms with Gasteiger partial charge in [0, 0.05) is 19.4 Å². The van der Waals surface area contributed by atoms with Crippen molar-refractivity contribution in [3.8, 4) is 6.01 Å². The van der Waals surface area contributed by atoms with Gasteiger partial charge in [-0.15, -0.1) is 0 Å². The van der Waals surface area contributed by atoms with Gasteiger partial charge in [0.15, 0.2) is 0 Å². The minimum absolute atomic E-state index is 0.0164. The second-order valence-electron chi connectivity index (χ2n) is 6.23. The van der Waals surface area contributed by atoms with Gasteiger partial charge in [-0.05, 0) is 37.0 Å². The van der Waals surface area contributed by atoms with E-state index in [0.29, 0.717) is 44.3 Å². The lowest BCUT2D eigenvalue weighted by molar-refractivity contribution is -0.130. The topological polar surface area (TPSA) is 73.3 Å². The van der Waals surface area contributed by atoms with Gasteiger partial charge in [0.25, 0.3) is 0 Å². The molecule has 1 aromatic heterocycles. The fourth-order valence-corrected chi connectivity index (χ4v) is 3.36. The first-order valence-electron chi connectivity index (χ1n) is 8.44. The fourth-order valence-electron chi connectivity index (χ4n) is 3.36. The van der Waals surface area contributed by atoms with Crippen LogP contribution >= 0.6 is 0 Å². The Morgan fingerprint density at radius 2 is 2.04 bits per heavy atom. The zero-order valence-electron chi connectivity index (χ0n) is 14.6. The maximum atomic E-state index is 13.2. The van der Waals surface area contributed by atoms with Gasteiger partial charge in [0.2, 0.25) is 5.91 Å². The lowest BCUT2D eigenvalue weighted by Crippen LogP contribution is -2.48. The average molecular weight is 341 g/mol. The Balaban J connectivity index is 1.81. The van der Waals surface area contributed by atoms with E-state index in [-0.39, 0.29) is 5.91 Å². The second kappa shape index (κ2) is 7.61. The molecule has 6 heteroatoms. The first kappa shape index (κ1) is 17.4. The number of hydrogen-bond acceptors (Lipinski definition) is 5. The van der Waals surface area contributed by atoms with Crippen molar-refractivity contribution >= 4 is 5.91 Å². The number of carbonyl (C=O) groups is 1. The molecule has 2 heterocycles. The zero-order valence-corrected chi connectivity index (χ0v) is 14.6. The number of aryl methyl sites for hydroxylation is 1. The third-order valence-electron chi connectivity index (χ3n) is 4.75. The third kappa shape index (κ3) is 3.64. The molecule has 25 heavy (non-hydrogen) atoms. The van der Waals surface area contributed by atoms with Crippen molar-refractivity contribution in [3.05, 3.63) is 53.3 Å². The SMILES string of the molecule is COc1nccc(CNC(=O)C2(c3ccccc3C)CCOCC2)n1. The minimum Gasteiger partial charge on any atom is -0.467 e. The lowest BCUT2D eigenvalue weighted by Gasteiger charge is -2.37. The molecule has 0 unspecified atom stereocenters. The van der Waals surface area contributed by atoms with E-state index < -0.39 is 5.41 Å². The maximum absolute atomic E-state index is 13.2. The van der Waals surface area contributed by atoms with E-state index >= 15 is 0 Å². The molecule has 0 bridgehead atoms. The summed E-state index contributed by atoms with van der Waals surface area (Å²) in [4.78, 5) is 21.4. The number of amides is 1. The van der Waals surface area contributed by atoms with Crippen LogP contribution in [0, 0.1) is 6.92 Å². The van der Waals surface area contributed by atoms with E-state index in [1.165, 1.54) is 7.11 Å². The van der Waals surface area contributed by atoms with E-state index in [2.05, 4.69) is 28.3 Å². The van der Waals surface area contributed by atoms with Crippen molar-refractivity contribution in [3.63, 3.8) is 0 Å². The number of rotatable bonds is 5. The van der Waals surface area contributed by atoms with Crippen LogP contribution in [0.5, 0.6) is 6.01 Å². The Morgan fingerprint density at radius 1 is 1.28 bits per heavy atom. The predicted octanol–water partition coefficient (Wildman–Crippen LogP) is 2.16. The maximum Gasteiger partial charge on any atom is 0.316 e. The largest absolute Gasteiger partial charge is 0.467 e. The molecule has 6 nitrogen and oxygen atoms in total. The number of aromatic nitrogens is 2. The summed E-state index contributed by atoms with van der Waals surface area (Å²) in [7, 11) is 1.52. The Bertz CT molecular complexity index is 742. The van der Waals surface area contributed by atoms with Gasteiger partial charge in [-0.2, -0.15) is 4.98 Å². The van der Waals surface area contributed by atoms with Gasteiger partial charge >= 0.3 is 6.01 Å². The first-order valence-corrected chi connectivity index (χ1v) is 8.44. The van der Waals surface area contributed by atoms with Crippen molar-refractivity contribution in [2.75, 3.05) is 20.3 Å². The molecule has 1 fully saturated rings. The number of benzene rings is 1. The molecule has 1 saturated heterocycles. The number of nitrogens with zero attached hydrogens (tertiary/aromatic N) is 2. The molecule has 2 aromatic rings. The van der Waals surface area contributed by atoms with Gasteiger partial charge in [-0.1, -0.05) is 24.3 Å². The molecule has 3 rings (SSSR count). The van der Waals surface area contributed by atoms with Crippen LogP contribution in [0.3, 0.4) is 0 Å². The normalized spacial score (nSPS) is 16.2. The predicted molar refractivity (Wildman–Crippen MR) is 93.3 cm³/mol. The monoisotopic (exact) mass is 341 g/mol. The van der Waals surface area contributed by atoms with E-state index in [4.69, 9.17) is 9.47 Å². The number of carbonyl (C=O) groups excluding carboxylic acids is 1. The lowest BCUT2D eigenvalue weighted by atomic mass is 9.72. The molecule has 1 aliphatic rings. The van der Waals surface area contributed by atoms with Crippen LogP contribution in [-0.2, 0) is 21.5 Å². The summed E-state index contributed by atoms with van der Waals surface area (Å²) >= 11 is 0. The summed E-state index contributed by atoms with van der Waals surface area (Å²) in [5, 5.41) is 3.05. The minimum atomic E-state index is -0.555. The van der Waals surface area contributed by atoms with Crippen LogP contribution in [0.4, 0.5) is 0 Å². The van der Waals surface area contributed by atoms with Crippen LogP contribution in [0.2, 0.25) is 0 Å². The zero-order chi connectivity index (χ0) is 17.7. The highest BCUT2D eigenvalue weighted by atomic mass is 16.5. The summed E-state index contributed by atoms with van der Waals surface area (Å²) in [6.45, 7) is 3.56. The summed E-state index contributed by atoms with van der Waals surface area (Å²) < 4.78 is 10.5. The summed E-state index contributed by atoms with van der Waals surface area (Å²) in [5.74, 6) is 0.0164. The molecule has 1 aromatic carbocycles. The van der Waals surface area contributed by atoms with Crippen LogP contribution in [-0.4, -0.2) is 36.2 Å². The standard InChI is InChI=1S/C19H23N3O3/c1-14-5-3-4-6-16(14)19(8-11-25-12-9-19)17(23)21-13-15-7-10-20-18(22-15)24-2/h3-7,10H,8-9,11-13H2,1-2H3,(H,21,23). The van der Waals surface area contributed by atoms with Gasteiger partial charge in [-0.25, -0.2) is 4.98 Å². The van der Waals surface area contributed by atoms with Gasteiger partial charge in [0.1, 0.15) is 0 Å². The molecule has 0 atom stereocenters. The number of ether oxygens (including phenoxy) is 2. The molecule has 0 aliphatic carbocycles. The molecule has 1 aliphatic heterocycles. The van der Waals surface area contributed by atoms with Crippen LogP contribution in [0.25, 0.3) is 0 Å². The van der Waals surface area contributed by atoms with Crippen molar-refractivity contribution in [2.45, 2.75) is 31.7 Å². The van der Waals surface area contributed by atoms with E-state index in [0.717, 1.165) is 11.1 Å². The molecule has 132 valence electrons. The van der Waals surface area contributed by atoms with Gasteiger partial charge < -0.3 is 14.8 Å². The molecule has 0 spiro atoms. The van der Waals surface area contributed by atoms with Crippen molar-refractivity contribution in [2.24, 2.45) is 0 Å². The highest BCUT2D eigenvalue weighted by Crippen LogP contribution is 2.37. The first-order chi connectivity index (χ1) is 12.2. The van der Waals surface area contributed by atoms with Gasteiger partial charge in [-0.3, -0.25) is 4.79 Å². The fraction of sp³-hybridized carbons (Fsp3) is 0.421. The molecular formula is C19H23N3O3. The van der Waals surface area contributed by atoms with Crippen LogP contribution in [0.1, 0.15) is 29.7 Å². The molecule has 1 amide bonds. The summed E-state index contributed by atoms with van der Waals surface area (Å²) in [6.07, 6.45) is 2.98. The summed E-state index contributed by atoms with van der Waals surface area (Å²) in [6, 6.07) is 10.2. The van der Waals surface area contributed by atoms with Crippen molar-refractivity contribution in [1.29, 1.82) is 0 Å². The van der Waals surface area contributed by atoms with E-state index in [1.54, 1.807) is 12.3 Å². The Labute approximate surface area is 147 Å². The second-order valence-corrected chi connectivity index (χ2v) is 6.23. The average Bonchev–Trinajstić information content (AvgIpc) is 2.67. The highest BCUT2D eigenvalue weighted by molar-refractivity contribution is 5.88. The van der Waals surface area contributed by atoms with Crippen LogP contribution in [0.15, 0.2) is 36.5 Å². The quantitative estimate of drug-likeness (QED) is 0.902. The summed E-state index contributed by atoms with van der Waals surface area (Å²) in [5.41, 5.74) is 2.37. The van der Waals surface area contributed by atoms with E-state index in [1.807, 2.05) is 18.2 Å². The van der Waals surface area contributed by atoms with Crippen molar-refractivity contribution < 1.29 is 14.3 Å². The van der Waals surface area contributed by atoms with Crippen LogP contribution < -0.4 is 10.1 Å². The molecule has 1 N–H and O–H groups in total. The smallest absolute Gasteiger partial charge is 0.316 e. The Morgan fingerprint density at radius 3 is 2.76 bits per heavy atom. The molecule has 0 saturated carbocycles.